The third-order valence-electron chi connectivity index (χ3n) is 6.05. The average molecular weight is 394 g/mol. The molecule has 1 atom stereocenters. The molecule has 4 heteroatoms. The van der Waals surface area contributed by atoms with Gasteiger partial charge < -0.3 is 4.90 Å². The predicted octanol–water partition coefficient (Wildman–Crippen LogP) is 4.23. The second kappa shape index (κ2) is 7.38. The molecule has 0 bridgehead atoms. The van der Waals surface area contributed by atoms with Crippen molar-refractivity contribution in [1.82, 2.24) is 0 Å². The molecule has 1 aliphatic carbocycles. The monoisotopic (exact) mass is 394 g/mol. The van der Waals surface area contributed by atoms with Crippen molar-refractivity contribution in [3.63, 3.8) is 0 Å². The molecular formula is C26H22N2O2. The average Bonchev–Trinajstić information content (AvgIpc) is 3.19. The van der Waals surface area contributed by atoms with Crippen LogP contribution in [-0.4, -0.2) is 24.6 Å². The number of allylic oxidation sites excluding steroid dienone is 4. The molecule has 5 rings (SSSR count). The van der Waals surface area contributed by atoms with E-state index in [1.165, 1.54) is 5.56 Å². The van der Waals surface area contributed by atoms with E-state index in [1.807, 2.05) is 66.5 Å². The molecule has 0 N–H and O–H groups in total. The quantitative estimate of drug-likeness (QED) is 0.782. The van der Waals surface area contributed by atoms with Crippen LogP contribution < -0.4 is 4.90 Å². The lowest BCUT2D eigenvalue weighted by Crippen LogP contribution is -2.30. The van der Waals surface area contributed by atoms with Gasteiger partial charge in [0.1, 0.15) is 0 Å². The van der Waals surface area contributed by atoms with Gasteiger partial charge in [0.2, 0.25) is 5.91 Å². The Hall–Kier alpha value is -3.53. The number of aliphatic imine (C=N–C) groups is 1. The number of carbonyl (C=O) groups excluding carboxylic acids is 2. The number of nitrogens with zero attached hydrogens (tertiary/aromatic N) is 2. The summed E-state index contributed by atoms with van der Waals surface area (Å²) in [6.07, 6.45) is 10.7. The molecule has 1 unspecified atom stereocenters. The van der Waals surface area contributed by atoms with Crippen molar-refractivity contribution >= 4 is 29.3 Å². The molecule has 0 spiro atoms. The van der Waals surface area contributed by atoms with Crippen molar-refractivity contribution in [2.45, 2.75) is 19.8 Å². The van der Waals surface area contributed by atoms with Crippen LogP contribution in [0.15, 0.2) is 77.3 Å². The number of dihydropyridines is 1. The zero-order valence-electron chi connectivity index (χ0n) is 16.8. The number of benzene rings is 2. The van der Waals surface area contributed by atoms with Crippen LogP contribution in [0, 0.1) is 12.8 Å². The summed E-state index contributed by atoms with van der Waals surface area (Å²) < 4.78 is 0. The summed E-state index contributed by atoms with van der Waals surface area (Å²) in [6, 6.07) is 14.3. The maximum atomic E-state index is 12.9. The minimum absolute atomic E-state index is 0.124. The van der Waals surface area contributed by atoms with E-state index in [0.29, 0.717) is 6.42 Å². The molecule has 2 heterocycles. The first kappa shape index (κ1) is 18.5. The Morgan fingerprint density at radius 2 is 2.03 bits per heavy atom. The van der Waals surface area contributed by atoms with Gasteiger partial charge in [-0.2, -0.15) is 0 Å². The van der Waals surface area contributed by atoms with Gasteiger partial charge in [0.15, 0.2) is 0 Å². The fraction of sp³-hybridized carbons (Fsp3) is 0.192. The van der Waals surface area contributed by atoms with E-state index in [-0.39, 0.29) is 17.7 Å². The first-order valence-corrected chi connectivity index (χ1v) is 10.3. The molecule has 2 amide bonds. The van der Waals surface area contributed by atoms with Crippen molar-refractivity contribution in [3.8, 4) is 0 Å². The largest absolute Gasteiger partial charge is 0.312 e. The Morgan fingerprint density at radius 3 is 2.90 bits per heavy atom. The van der Waals surface area contributed by atoms with Crippen LogP contribution in [0.2, 0.25) is 0 Å². The Kier molecular flexibility index (Phi) is 4.55. The van der Waals surface area contributed by atoms with Gasteiger partial charge in [-0.15, -0.1) is 0 Å². The maximum Gasteiger partial charge on any atom is 0.257 e. The molecule has 0 radical (unpaired) electrons. The maximum absolute atomic E-state index is 12.9. The summed E-state index contributed by atoms with van der Waals surface area (Å²) >= 11 is 0. The van der Waals surface area contributed by atoms with Gasteiger partial charge in [0.05, 0.1) is 12.3 Å². The summed E-state index contributed by atoms with van der Waals surface area (Å²) in [5.41, 5.74) is 7.36. The Balaban J connectivity index is 1.40. The van der Waals surface area contributed by atoms with E-state index in [0.717, 1.165) is 46.5 Å². The Bertz CT molecular complexity index is 1180. The minimum Gasteiger partial charge on any atom is -0.312 e. The molecule has 2 aliphatic heterocycles. The van der Waals surface area contributed by atoms with Crippen LogP contribution in [0.3, 0.4) is 0 Å². The summed E-state index contributed by atoms with van der Waals surface area (Å²) in [4.78, 5) is 31.0. The van der Waals surface area contributed by atoms with E-state index in [4.69, 9.17) is 0 Å². The van der Waals surface area contributed by atoms with Crippen LogP contribution in [0.4, 0.5) is 5.69 Å². The number of para-hydroxylation sites is 1. The zero-order chi connectivity index (χ0) is 20.7. The smallest absolute Gasteiger partial charge is 0.257 e. The molecule has 0 saturated heterocycles. The molecule has 2 aromatic carbocycles. The van der Waals surface area contributed by atoms with Crippen molar-refractivity contribution in [2.24, 2.45) is 10.9 Å². The third kappa shape index (κ3) is 3.14. The van der Waals surface area contributed by atoms with E-state index in [9.17, 15) is 9.59 Å². The van der Waals surface area contributed by atoms with Gasteiger partial charge in [-0.1, -0.05) is 60.7 Å². The number of amides is 2. The van der Waals surface area contributed by atoms with Crippen molar-refractivity contribution < 1.29 is 9.59 Å². The molecular weight excluding hydrogens is 372 g/mol. The molecule has 3 aliphatic rings. The van der Waals surface area contributed by atoms with Crippen molar-refractivity contribution in [2.75, 3.05) is 11.4 Å². The van der Waals surface area contributed by atoms with Crippen LogP contribution in [0.5, 0.6) is 0 Å². The number of hydrogen-bond donors (Lipinski definition) is 0. The van der Waals surface area contributed by atoms with Crippen LogP contribution in [0.1, 0.15) is 22.3 Å². The van der Waals surface area contributed by atoms with E-state index in [1.54, 1.807) is 6.21 Å². The van der Waals surface area contributed by atoms with E-state index in [2.05, 4.69) is 17.1 Å². The lowest BCUT2D eigenvalue weighted by Gasteiger charge is -2.22. The standard InChI is InChI=1S/C26H22N2O2/c1-17-14-18(15-25(29)28-13-12-19-6-2-5-9-24(19)28)10-11-20(17)23-16-27-26(30)22-8-4-3-7-21(22)23/h2-11,14,16,22H,12-13,15H2,1H3. The van der Waals surface area contributed by atoms with Gasteiger partial charge in [-0.25, -0.2) is 4.99 Å². The summed E-state index contributed by atoms with van der Waals surface area (Å²) in [7, 11) is 0. The minimum atomic E-state index is -0.300. The number of fused-ring (bicyclic) bond motifs is 2. The topological polar surface area (TPSA) is 49.7 Å². The van der Waals surface area contributed by atoms with Gasteiger partial charge in [0, 0.05) is 24.0 Å². The highest BCUT2D eigenvalue weighted by Gasteiger charge is 2.27. The van der Waals surface area contributed by atoms with Gasteiger partial charge >= 0.3 is 0 Å². The van der Waals surface area contributed by atoms with E-state index < -0.39 is 0 Å². The summed E-state index contributed by atoms with van der Waals surface area (Å²) in [6.45, 7) is 2.79. The first-order valence-electron chi connectivity index (χ1n) is 10.3. The molecule has 30 heavy (non-hydrogen) atoms. The number of anilines is 1. The second-order valence-electron chi connectivity index (χ2n) is 7.94. The molecule has 0 aromatic heterocycles. The zero-order valence-corrected chi connectivity index (χ0v) is 16.8. The summed E-state index contributed by atoms with van der Waals surface area (Å²) in [5.74, 6) is -0.301. The third-order valence-corrected chi connectivity index (χ3v) is 6.05. The first-order chi connectivity index (χ1) is 14.6. The number of hydrogen-bond acceptors (Lipinski definition) is 2. The van der Waals surface area contributed by atoms with Gasteiger partial charge in [-0.3, -0.25) is 9.59 Å². The van der Waals surface area contributed by atoms with Crippen molar-refractivity contribution in [3.05, 3.63) is 94.6 Å². The van der Waals surface area contributed by atoms with Crippen LogP contribution in [0.25, 0.3) is 5.57 Å². The summed E-state index contributed by atoms with van der Waals surface area (Å²) in [5, 5.41) is 0. The van der Waals surface area contributed by atoms with Crippen LogP contribution in [-0.2, 0) is 22.4 Å². The predicted molar refractivity (Wildman–Crippen MR) is 120 cm³/mol. The highest BCUT2D eigenvalue weighted by Crippen LogP contribution is 2.33. The fourth-order valence-electron chi connectivity index (χ4n) is 4.53. The second-order valence-corrected chi connectivity index (χ2v) is 7.94. The molecule has 0 fully saturated rings. The Morgan fingerprint density at radius 1 is 1.17 bits per heavy atom. The van der Waals surface area contributed by atoms with Crippen molar-refractivity contribution in [1.29, 1.82) is 0 Å². The fourth-order valence-corrected chi connectivity index (χ4v) is 4.53. The highest BCUT2D eigenvalue weighted by molar-refractivity contribution is 6.19. The Labute approximate surface area is 175 Å². The molecule has 4 nitrogen and oxygen atoms in total. The highest BCUT2D eigenvalue weighted by atomic mass is 16.2. The van der Waals surface area contributed by atoms with Crippen LogP contribution >= 0.6 is 0 Å². The molecule has 0 saturated carbocycles. The number of aryl methyl sites for hydroxylation is 1. The number of carbonyl (C=O) groups is 2. The van der Waals surface area contributed by atoms with Gasteiger partial charge in [-0.05, 0) is 47.2 Å². The normalized spacial score (nSPS) is 19.3. The lowest BCUT2D eigenvalue weighted by atomic mass is 9.84. The van der Waals surface area contributed by atoms with E-state index >= 15 is 0 Å². The van der Waals surface area contributed by atoms with Gasteiger partial charge in [0.25, 0.3) is 5.91 Å². The lowest BCUT2D eigenvalue weighted by molar-refractivity contribution is -0.119. The molecule has 2 aromatic rings. The molecule has 148 valence electrons. The number of rotatable bonds is 3. The SMILES string of the molecule is Cc1cc(CC(=O)N2CCc3ccccc32)ccc1C1=C2C=CC=CC2C(=O)N=C1.